The fourth-order valence-electron chi connectivity index (χ4n) is 1.84. The summed E-state index contributed by atoms with van der Waals surface area (Å²) in [6.07, 6.45) is 1.91. The molecule has 0 saturated heterocycles. The van der Waals surface area contributed by atoms with Crippen LogP contribution in [0.1, 0.15) is 25.3 Å². The van der Waals surface area contributed by atoms with Crippen molar-refractivity contribution in [2.45, 2.75) is 32.2 Å². The fraction of sp³-hybridized carbons (Fsp3) is 0.467. The zero-order chi connectivity index (χ0) is 14.8. The lowest BCUT2D eigenvalue weighted by Crippen LogP contribution is -2.42. The molecule has 0 heterocycles. The summed E-state index contributed by atoms with van der Waals surface area (Å²) in [5.41, 5.74) is 1.16. The van der Waals surface area contributed by atoms with Gasteiger partial charge in [-0.05, 0) is 31.7 Å². The van der Waals surface area contributed by atoms with Crippen molar-refractivity contribution in [1.82, 2.24) is 5.32 Å². The van der Waals surface area contributed by atoms with Crippen molar-refractivity contribution >= 4 is 11.9 Å². The molecule has 0 fully saturated rings. The van der Waals surface area contributed by atoms with Crippen LogP contribution in [0.5, 0.6) is 0 Å². The third-order valence-electron chi connectivity index (χ3n) is 2.87. The summed E-state index contributed by atoms with van der Waals surface area (Å²) in [5.74, 6) is -1.40. The number of aryl methyl sites for hydroxylation is 1. The van der Waals surface area contributed by atoms with Crippen LogP contribution in [-0.2, 0) is 20.7 Å². The van der Waals surface area contributed by atoms with Gasteiger partial charge in [0.1, 0.15) is 12.6 Å². The molecule has 5 nitrogen and oxygen atoms in total. The van der Waals surface area contributed by atoms with E-state index in [1.165, 1.54) is 0 Å². The second kappa shape index (κ2) is 9.09. The highest BCUT2D eigenvalue weighted by molar-refractivity contribution is 5.84. The Hall–Kier alpha value is -1.88. The van der Waals surface area contributed by atoms with Crippen molar-refractivity contribution in [3.63, 3.8) is 0 Å². The Morgan fingerprint density at radius 2 is 2.00 bits per heavy atom. The molecular formula is C15H21NO4. The van der Waals surface area contributed by atoms with Crippen LogP contribution < -0.4 is 5.32 Å². The minimum atomic E-state index is -1.01. The Bertz CT molecular complexity index is 419. The summed E-state index contributed by atoms with van der Waals surface area (Å²) in [4.78, 5) is 22.5. The molecule has 1 aromatic carbocycles. The quantitative estimate of drug-likeness (QED) is 0.720. The molecule has 1 rings (SSSR count). The lowest BCUT2D eigenvalue weighted by molar-refractivity contribution is -0.142. The van der Waals surface area contributed by atoms with E-state index in [4.69, 9.17) is 9.84 Å². The van der Waals surface area contributed by atoms with Gasteiger partial charge in [0, 0.05) is 6.61 Å². The van der Waals surface area contributed by atoms with Crippen molar-refractivity contribution in [2.24, 2.45) is 0 Å². The highest BCUT2D eigenvalue weighted by Gasteiger charge is 2.19. The van der Waals surface area contributed by atoms with Gasteiger partial charge in [-0.2, -0.15) is 0 Å². The summed E-state index contributed by atoms with van der Waals surface area (Å²) in [5, 5.41) is 11.6. The molecule has 0 unspecified atom stereocenters. The van der Waals surface area contributed by atoms with Gasteiger partial charge in [-0.15, -0.1) is 0 Å². The lowest BCUT2D eigenvalue weighted by atomic mass is 10.0. The zero-order valence-corrected chi connectivity index (χ0v) is 11.7. The molecule has 0 aliphatic carbocycles. The van der Waals surface area contributed by atoms with E-state index >= 15 is 0 Å². The van der Waals surface area contributed by atoms with E-state index in [-0.39, 0.29) is 12.5 Å². The van der Waals surface area contributed by atoms with Gasteiger partial charge in [0.25, 0.3) is 0 Å². The van der Waals surface area contributed by atoms with Gasteiger partial charge in [0.2, 0.25) is 5.91 Å². The fourth-order valence-corrected chi connectivity index (χ4v) is 1.84. The highest BCUT2D eigenvalue weighted by Crippen LogP contribution is 2.07. The summed E-state index contributed by atoms with van der Waals surface area (Å²) in [7, 11) is 0. The molecule has 0 radical (unpaired) electrons. The predicted molar refractivity (Wildman–Crippen MR) is 75.4 cm³/mol. The smallest absolute Gasteiger partial charge is 0.326 e. The summed E-state index contributed by atoms with van der Waals surface area (Å²) in [6.45, 7) is 2.11. The first-order valence-electron chi connectivity index (χ1n) is 6.77. The van der Waals surface area contributed by atoms with Crippen molar-refractivity contribution in [3.05, 3.63) is 35.9 Å². The largest absolute Gasteiger partial charge is 0.480 e. The van der Waals surface area contributed by atoms with Crippen LogP contribution in [0.3, 0.4) is 0 Å². The van der Waals surface area contributed by atoms with Gasteiger partial charge in [0.05, 0.1) is 0 Å². The SMILES string of the molecule is CCOCC(=O)N[C@H](CCCc1ccccc1)C(=O)O. The van der Waals surface area contributed by atoms with E-state index in [1.54, 1.807) is 6.92 Å². The number of amides is 1. The number of carboxylic acids is 1. The molecule has 110 valence electrons. The number of hydrogen-bond donors (Lipinski definition) is 2. The van der Waals surface area contributed by atoms with Crippen molar-refractivity contribution in [1.29, 1.82) is 0 Å². The first-order chi connectivity index (χ1) is 9.63. The van der Waals surface area contributed by atoms with Crippen LogP contribution in [0.4, 0.5) is 0 Å². The average Bonchev–Trinajstić information content (AvgIpc) is 2.45. The molecule has 1 atom stereocenters. The molecule has 0 aromatic heterocycles. The maximum absolute atomic E-state index is 11.5. The van der Waals surface area contributed by atoms with Crippen LogP contribution in [0.15, 0.2) is 30.3 Å². The van der Waals surface area contributed by atoms with E-state index in [1.807, 2.05) is 30.3 Å². The standard InChI is InChI=1S/C15H21NO4/c1-2-20-11-14(17)16-13(15(18)19)10-6-9-12-7-4-3-5-8-12/h3-5,7-8,13H,2,6,9-11H2,1H3,(H,16,17)(H,18,19)/t13-/m1/s1. The molecule has 1 aromatic rings. The second-order valence-corrected chi connectivity index (χ2v) is 4.47. The van der Waals surface area contributed by atoms with Crippen LogP contribution in [-0.4, -0.2) is 36.2 Å². The maximum atomic E-state index is 11.5. The number of ether oxygens (including phenoxy) is 1. The summed E-state index contributed by atoms with van der Waals surface area (Å²) >= 11 is 0. The van der Waals surface area contributed by atoms with Crippen LogP contribution in [0.2, 0.25) is 0 Å². The van der Waals surface area contributed by atoms with Gasteiger partial charge >= 0.3 is 5.97 Å². The number of nitrogens with one attached hydrogen (secondary N) is 1. The molecule has 0 bridgehead atoms. The van der Waals surface area contributed by atoms with E-state index in [0.717, 1.165) is 12.0 Å². The van der Waals surface area contributed by atoms with E-state index in [2.05, 4.69) is 5.32 Å². The Kier molecular flexibility index (Phi) is 7.35. The van der Waals surface area contributed by atoms with Gasteiger partial charge in [-0.25, -0.2) is 4.79 Å². The number of carbonyl (C=O) groups is 2. The topological polar surface area (TPSA) is 75.6 Å². The number of hydrogen-bond acceptors (Lipinski definition) is 3. The van der Waals surface area contributed by atoms with Gasteiger partial charge in [0.15, 0.2) is 0 Å². The Morgan fingerprint density at radius 1 is 1.30 bits per heavy atom. The monoisotopic (exact) mass is 279 g/mol. The number of rotatable bonds is 9. The van der Waals surface area contributed by atoms with Crippen LogP contribution in [0.25, 0.3) is 0 Å². The molecule has 0 aliphatic heterocycles. The van der Waals surface area contributed by atoms with Crippen molar-refractivity contribution in [2.75, 3.05) is 13.2 Å². The molecule has 20 heavy (non-hydrogen) atoms. The molecule has 5 heteroatoms. The van der Waals surface area contributed by atoms with Gasteiger partial charge in [-0.1, -0.05) is 30.3 Å². The Balaban J connectivity index is 2.35. The third-order valence-corrected chi connectivity index (χ3v) is 2.87. The van der Waals surface area contributed by atoms with Crippen LogP contribution >= 0.6 is 0 Å². The molecule has 0 aliphatic rings. The van der Waals surface area contributed by atoms with E-state index in [0.29, 0.717) is 19.4 Å². The maximum Gasteiger partial charge on any atom is 0.326 e. The number of carboxylic acid groups (broad SMARTS) is 1. The highest BCUT2D eigenvalue weighted by atomic mass is 16.5. The Morgan fingerprint density at radius 3 is 2.60 bits per heavy atom. The molecule has 0 saturated carbocycles. The number of benzene rings is 1. The minimum Gasteiger partial charge on any atom is -0.480 e. The predicted octanol–water partition coefficient (Wildman–Crippen LogP) is 1.62. The first-order valence-corrected chi connectivity index (χ1v) is 6.77. The van der Waals surface area contributed by atoms with E-state index < -0.39 is 12.0 Å². The molecule has 0 spiro atoms. The normalized spacial score (nSPS) is 11.8. The third kappa shape index (κ3) is 6.33. The molecule has 2 N–H and O–H groups in total. The van der Waals surface area contributed by atoms with Gasteiger partial charge < -0.3 is 15.2 Å². The minimum absolute atomic E-state index is 0.0982. The number of carbonyl (C=O) groups excluding carboxylic acids is 1. The van der Waals surface area contributed by atoms with Crippen molar-refractivity contribution in [3.8, 4) is 0 Å². The summed E-state index contributed by atoms with van der Waals surface area (Å²) < 4.78 is 4.94. The average molecular weight is 279 g/mol. The lowest BCUT2D eigenvalue weighted by Gasteiger charge is -2.14. The Labute approximate surface area is 118 Å². The van der Waals surface area contributed by atoms with Crippen molar-refractivity contribution < 1.29 is 19.4 Å². The van der Waals surface area contributed by atoms with E-state index in [9.17, 15) is 9.59 Å². The van der Waals surface area contributed by atoms with Gasteiger partial charge in [-0.3, -0.25) is 4.79 Å². The first kappa shape index (κ1) is 16.2. The summed E-state index contributed by atoms with van der Waals surface area (Å²) in [6, 6.07) is 9.00. The molecule has 1 amide bonds. The zero-order valence-electron chi connectivity index (χ0n) is 11.7. The second-order valence-electron chi connectivity index (χ2n) is 4.47. The molecular weight excluding hydrogens is 258 g/mol. The number of aliphatic carboxylic acids is 1. The van der Waals surface area contributed by atoms with Crippen LogP contribution in [0, 0.1) is 0 Å².